The van der Waals surface area contributed by atoms with Gasteiger partial charge in [0.15, 0.2) is 0 Å². The number of aromatic nitrogens is 2. The molecule has 0 fully saturated rings. The smallest absolute Gasteiger partial charge is 0.219 e. The van der Waals surface area contributed by atoms with Gasteiger partial charge < -0.3 is 9.72 Å². The normalized spacial score (nSPS) is 10.8. The largest absolute Gasteiger partial charge is 0.439 e. The van der Waals surface area contributed by atoms with Crippen LogP contribution >= 0.6 is 0 Å². The standard InChI is InChI=1S/C15H14N2O/c1-10-3-6-15(17-8-10)18-12-4-5-14-13(7-12)11(2)9-16-14/h3-9,16H,1-2H3. The molecule has 0 radical (unpaired) electrons. The summed E-state index contributed by atoms with van der Waals surface area (Å²) in [6.07, 6.45) is 3.80. The van der Waals surface area contributed by atoms with Crippen LogP contribution in [0.5, 0.6) is 11.6 Å². The zero-order valence-electron chi connectivity index (χ0n) is 10.4. The van der Waals surface area contributed by atoms with Crippen LogP contribution in [0.15, 0.2) is 42.7 Å². The molecule has 3 aromatic rings. The van der Waals surface area contributed by atoms with Crippen molar-refractivity contribution >= 4 is 10.9 Å². The third-order valence-corrected chi connectivity index (χ3v) is 2.97. The number of hydrogen-bond donors (Lipinski definition) is 1. The van der Waals surface area contributed by atoms with E-state index < -0.39 is 0 Å². The van der Waals surface area contributed by atoms with Crippen molar-refractivity contribution in [2.45, 2.75) is 13.8 Å². The van der Waals surface area contributed by atoms with Gasteiger partial charge in [-0.1, -0.05) is 6.07 Å². The molecule has 0 amide bonds. The number of benzene rings is 1. The maximum Gasteiger partial charge on any atom is 0.219 e. The fourth-order valence-electron chi connectivity index (χ4n) is 1.94. The maximum absolute atomic E-state index is 5.74. The lowest BCUT2D eigenvalue weighted by Gasteiger charge is -2.05. The lowest BCUT2D eigenvalue weighted by Crippen LogP contribution is -1.87. The predicted molar refractivity (Wildman–Crippen MR) is 72.1 cm³/mol. The molecule has 0 atom stereocenters. The summed E-state index contributed by atoms with van der Waals surface area (Å²) < 4.78 is 5.74. The minimum Gasteiger partial charge on any atom is -0.439 e. The molecule has 0 saturated carbocycles. The number of rotatable bonds is 2. The summed E-state index contributed by atoms with van der Waals surface area (Å²) in [5.41, 5.74) is 3.46. The van der Waals surface area contributed by atoms with Crippen molar-refractivity contribution in [3.05, 3.63) is 53.9 Å². The Balaban J connectivity index is 1.94. The number of hydrogen-bond acceptors (Lipinski definition) is 2. The average molecular weight is 238 g/mol. The molecular weight excluding hydrogens is 224 g/mol. The van der Waals surface area contributed by atoms with E-state index in [1.807, 2.05) is 43.5 Å². The second-order valence-electron chi connectivity index (χ2n) is 4.45. The van der Waals surface area contributed by atoms with Crippen molar-refractivity contribution in [2.75, 3.05) is 0 Å². The highest BCUT2D eigenvalue weighted by Crippen LogP contribution is 2.26. The van der Waals surface area contributed by atoms with E-state index in [1.54, 1.807) is 6.20 Å². The first-order valence-electron chi connectivity index (χ1n) is 5.90. The van der Waals surface area contributed by atoms with Crippen molar-refractivity contribution in [1.29, 1.82) is 0 Å². The van der Waals surface area contributed by atoms with Gasteiger partial charge in [0, 0.05) is 29.4 Å². The van der Waals surface area contributed by atoms with Crippen LogP contribution in [0.3, 0.4) is 0 Å². The molecule has 3 heteroatoms. The second-order valence-corrected chi connectivity index (χ2v) is 4.45. The summed E-state index contributed by atoms with van der Waals surface area (Å²) in [6.45, 7) is 4.08. The van der Waals surface area contributed by atoms with Crippen LogP contribution in [0.25, 0.3) is 10.9 Å². The minimum absolute atomic E-state index is 0.619. The highest BCUT2D eigenvalue weighted by atomic mass is 16.5. The Hall–Kier alpha value is -2.29. The fourth-order valence-corrected chi connectivity index (χ4v) is 1.94. The number of fused-ring (bicyclic) bond motifs is 1. The summed E-state index contributed by atoms with van der Waals surface area (Å²) in [4.78, 5) is 7.45. The monoisotopic (exact) mass is 238 g/mol. The number of pyridine rings is 1. The maximum atomic E-state index is 5.74. The number of H-pyrrole nitrogens is 1. The molecule has 1 aromatic carbocycles. The van der Waals surface area contributed by atoms with Gasteiger partial charge in [0.1, 0.15) is 5.75 Å². The molecule has 0 aliphatic heterocycles. The van der Waals surface area contributed by atoms with E-state index in [4.69, 9.17) is 4.74 Å². The molecule has 18 heavy (non-hydrogen) atoms. The van der Waals surface area contributed by atoms with E-state index in [1.165, 1.54) is 10.9 Å². The van der Waals surface area contributed by atoms with Gasteiger partial charge in [-0.2, -0.15) is 0 Å². The highest BCUT2D eigenvalue weighted by molar-refractivity contribution is 5.84. The first-order valence-corrected chi connectivity index (χ1v) is 5.90. The van der Waals surface area contributed by atoms with Crippen LogP contribution in [0.4, 0.5) is 0 Å². The molecule has 1 N–H and O–H groups in total. The SMILES string of the molecule is Cc1ccc(Oc2ccc3[nH]cc(C)c3c2)nc1. The van der Waals surface area contributed by atoms with Gasteiger partial charge in [0.05, 0.1) is 0 Å². The van der Waals surface area contributed by atoms with Crippen LogP contribution < -0.4 is 4.74 Å². The number of aromatic amines is 1. The Kier molecular flexibility index (Phi) is 2.52. The first-order chi connectivity index (χ1) is 8.72. The Morgan fingerprint density at radius 1 is 1.11 bits per heavy atom. The zero-order valence-corrected chi connectivity index (χ0v) is 10.4. The van der Waals surface area contributed by atoms with Crippen LogP contribution in [-0.2, 0) is 0 Å². The highest BCUT2D eigenvalue weighted by Gasteiger charge is 2.03. The van der Waals surface area contributed by atoms with Crippen molar-refractivity contribution in [3.63, 3.8) is 0 Å². The third-order valence-electron chi connectivity index (χ3n) is 2.97. The summed E-state index contributed by atoms with van der Waals surface area (Å²) in [5.74, 6) is 1.43. The van der Waals surface area contributed by atoms with E-state index in [0.29, 0.717) is 5.88 Å². The molecule has 3 nitrogen and oxygen atoms in total. The average Bonchev–Trinajstić information content (AvgIpc) is 2.74. The van der Waals surface area contributed by atoms with Gasteiger partial charge in [-0.3, -0.25) is 0 Å². The van der Waals surface area contributed by atoms with Crippen molar-refractivity contribution < 1.29 is 4.74 Å². The van der Waals surface area contributed by atoms with Gasteiger partial charge in [-0.15, -0.1) is 0 Å². The molecule has 0 aliphatic rings. The molecule has 0 unspecified atom stereocenters. The molecule has 0 saturated heterocycles. The molecule has 90 valence electrons. The Morgan fingerprint density at radius 2 is 2.00 bits per heavy atom. The fraction of sp³-hybridized carbons (Fsp3) is 0.133. The Labute approximate surface area is 105 Å². The molecule has 0 bridgehead atoms. The van der Waals surface area contributed by atoms with Gasteiger partial charge in [0.2, 0.25) is 5.88 Å². The van der Waals surface area contributed by atoms with Crippen LogP contribution in [0.2, 0.25) is 0 Å². The molecular formula is C15H14N2O. The summed E-state index contributed by atoms with van der Waals surface area (Å²) in [5, 5.41) is 1.18. The number of aryl methyl sites for hydroxylation is 2. The summed E-state index contributed by atoms with van der Waals surface area (Å²) in [6, 6.07) is 9.86. The quantitative estimate of drug-likeness (QED) is 0.733. The summed E-state index contributed by atoms with van der Waals surface area (Å²) >= 11 is 0. The van der Waals surface area contributed by atoms with Crippen molar-refractivity contribution in [3.8, 4) is 11.6 Å². The lowest BCUT2D eigenvalue weighted by atomic mass is 10.2. The van der Waals surface area contributed by atoms with E-state index in [0.717, 1.165) is 16.8 Å². The molecule has 0 aliphatic carbocycles. The molecule has 3 rings (SSSR count). The third kappa shape index (κ3) is 1.95. The Bertz CT molecular complexity index is 683. The van der Waals surface area contributed by atoms with E-state index in [2.05, 4.69) is 16.9 Å². The van der Waals surface area contributed by atoms with Gasteiger partial charge in [-0.25, -0.2) is 4.98 Å². The van der Waals surface area contributed by atoms with E-state index in [-0.39, 0.29) is 0 Å². The lowest BCUT2D eigenvalue weighted by molar-refractivity contribution is 0.463. The van der Waals surface area contributed by atoms with Gasteiger partial charge >= 0.3 is 0 Å². The van der Waals surface area contributed by atoms with Crippen LogP contribution in [0.1, 0.15) is 11.1 Å². The number of nitrogens with zero attached hydrogens (tertiary/aromatic N) is 1. The van der Waals surface area contributed by atoms with E-state index >= 15 is 0 Å². The summed E-state index contributed by atoms with van der Waals surface area (Å²) in [7, 11) is 0. The van der Waals surface area contributed by atoms with Crippen molar-refractivity contribution in [2.24, 2.45) is 0 Å². The zero-order chi connectivity index (χ0) is 12.5. The minimum atomic E-state index is 0.619. The number of ether oxygens (including phenoxy) is 1. The Morgan fingerprint density at radius 3 is 2.78 bits per heavy atom. The van der Waals surface area contributed by atoms with Crippen LogP contribution in [0, 0.1) is 13.8 Å². The first kappa shape index (κ1) is 10.8. The van der Waals surface area contributed by atoms with E-state index in [9.17, 15) is 0 Å². The topological polar surface area (TPSA) is 37.9 Å². The second kappa shape index (κ2) is 4.18. The molecule has 2 aromatic heterocycles. The molecule has 2 heterocycles. The van der Waals surface area contributed by atoms with Gasteiger partial charge in [-0.05, 0) is 43.2 Å². The van der Waals surface area contributed by atoms with Crippen LogP contribution in [-0.4, -0.2) is 9.97 Å². The predicted octanol–water partition coefficient (Wildman–Crippen LogP) is 3.97. The van der Waals surface area contributed by atoms with Crippen molar-refractivity contribution in [1.82, 2.24) is 9.97 Å². The number of nitrogens with one attached hydrogen (secondary N) is 1. The van der Waals surface area contributed by atoms with Gasteiger partial charge in [0.25, 0.3) is 0 Å². The molecule has 0 spiro atoms.